The largest absolute Gasteiger partial charge is 0.329 e. The summed E-state index contributed by atoms with van der Waals surface area (Å²) in [6, 6.07) is 5.06. The van der Waals surface area contributed by atoms with E-state index >= 15 is 0 Å². The molecule has 0 saturated heterocycles. The normalized spacial score (nSPS) is 13.2. The van der Waals surface area contributed by atoms with Crippen LogP contribution in [0.2, 0.25) is 0 Å². The second-order valence-corrected chi connectivity index (χ2v) is 3.83. The van der Waals surface area contributed by atoms with Crippen LogP contribution in [-0.2, 0) is 0 Å². The van der Waals surface area contributed by atoms with Crippen LogP contribution in [0, 0.1) is 12.7 Å². The highest BCUT2D eigenvalue weighted by atomic mass is 19.1. The summed E-state index contributed by atoms with van der Waals surface area (Å²) in [5, 5.41) is 0. The number of nitrogens with two attached hydrogens (primary N) is 1. The van der Waals surface area contributed by atoms with Crippen molar-refractivity contribution in [1.82, 2.24) is 4.90 Å². The molecule has 1 atom stereocenters. The highest BCUT2D eigenvalue weighted by Gasteiger charge is 2.15. The van der Waals surface area contributed by atoms with Gasteiger partial charge in [-0.1, -0.05) is 13.0 Å². The van der Waals surface area contributed by atoms with Gasteiger partial charge in [0.1, 0.15) is 5.82 Å². The number of benzene rings is 1. The number of rotatable bonds is 4. The molecule has 2 N–H and O–H groups in total. The summed E-state index contributed by atoms with van der Waals surface area (Å²) in [5.41, 5.74) is 7.83. The first kappa shape index (κ1) is 12.1. The minimum absolute atomic E-state index is 0.176. The van der Waals surface area contributed by atoms with Gasteiger partial charge in [-0.15, -0.1) is 0 Å². The van der Waals surface area contributed by atoms with Crippen LogP contribution >= 0.6 is 0 Å². The Kier molecular flexibility index (Phi) is 4.24. The zero-order chi connectivity index (χ0) is 11.4. The molecule has 0 aliphatic carbocycles. The van der Waals surface area contributed by atoms with Gasteiger partial charge in [-0.05, 0) is 43.8 Å². The van der Waals surface area contributed by atoms with Gasteiger partial charge in [-0.2, -0.15) is 0 Å². The van der Waals surface area contributed by atoms with E-state index < -0.39 is 0 Å². The van der Waals surface area contributed by atoms with Gasteiger partial charge in [-0.3, -0.25) is 4.90 Å². The van der Waals surface area contributed by atoms with Crippen molar-refractivity contribution in [2.45, 2.75) is 19.9 Å². The van der Waals surface area contributed by atoms with Crippen LogP contribution in [0.4, 0.5) is 4.39 Å². The lowest BCUT2D eigenvalue weighted by Crippen LogP contribution is -2.30. The summed E-state index contributed by atoms with van der Waals surface area (Å²) in [6.07, 6.45) is 0. The Hall–Kier alpha value is -0.930. The molecule has 2 nitrogen and oxygen atoms in total. The maximum atomic E-state index is 13.0. The summed E-state index contributed by atoms with van der Waals surface area (Å²) >= 11 is 0. The molecule has 0 radical (unpaired) electrons. The molecule has 1 aromatic rings. The van der Waals surface area contributed by atoms with Gasteiger partial charge in [0.2, 0.25) is 0 Å². The van der Waals surface area contributed by atoms with Gasteiger partial charge in [-0.25, -0.2) is 4.39 Å². The zero-order valence-electron chi connectivity index (χ0n) is 9.63. The Balaban J connectivity index is 3.01. The molecule has 1 rings (SSSR count). The van der Waals surface area contributed by atoms with Crippen LogP contribution < -0.4 is 5.73 Å². The quantitative estimate of drug-likeness (QED) is 0.824. The molecular weight excluding hydrogens is 191 g/mol. The van der Waals surface area contributed by atoms with Gasteiger partial charge in [0.05, 0.1) is 0 Å². The number of hydrogen-bond donors (Lipinski definition) is 1. The molecule has 0 fully saturated rings. The third-order valence-corrected chi connectivity index (χ3v) is 2.84. The Morgan fingerprint density at radius 3 is 2.60 bits per heavy atom. The van der Waals surface area contributed by atoms with Crippen molar-refractivity contribution in [1.29, 1.82) is 0 Å². The van der Waals surface area contributed by atoms with E-state index in [9.17, 15) is 4.39 Å². The molecule has 0 aliphatic rings. The number of hydrogen-bond acceptors (Lipinski definition) is 2. The highest BCUT2D eigenvalue weighted by Crippen LogP contribution is 2.22. The fraction of sp³-hybridized carbons (Fsp3) is 0.500. The van der Waals surface area contributed by atoms with Crippen LogP contribution in [0.1, 0.15) is 24.1 Å². The fourth-order valence-electron chi connectivity index (χ4n) is 1.78. The standard InChI is InChI=1S/C12H19FN2/c1-4-15(3)12(8-14)11-6-5-10(13)7-9(11)2/h5-7,12H,4,8,14H2,1-3H3. The van der Waals surface area contributed by atoms with Gasteiger partial charge >= 0.3 is 0 Å². The van der Waals surface area contributed by atoms with Gasteiger partial charge in [0.25, 0.3) is 0 Å². The first-order valence-corrected chi connectivity index (χ1v) is 5.26. The lowest BCUT2D eigenvalue weighted by Gasteiger charge is -2.27. The average molecular weight is 210 g/mol. The highest BCUT2D eigenvalue weighted by molar-refractivity contribution is 5.29. The van der Waals surface area contributed by atoms with Crippen LogP contribution in [-0.4, -0.2) is 25.0 Å². The molecule has 0 aliphatic heterocycles. The Morgan fingerprint density at radius 2 is 2.13 bits per heavy atom. The predicted molar refractivity (Wildman–Crippen MR) is 61.2 cm³/mol. The molecule has 0 saturated carbocycles. The second-order valence-electron chi connectivity index (χ2n) is 3.83. The summed E-state index contributed by atoms with van der Waals surface area (Å²) in [5.74, 6) is -0.189. The zero-order valence-corrected chi connectivity index (χ0v) is 9.63. The number of nitrogens with zero attached hydrogens (tertiary/aromatic N) is 1. The predicted octanol–water partition coefficient (Wildman–Crippen LogP) is 2.09. The molecular formula is C12H19FN2. The monoisotopic (exact) mass is 210 g/mol. The van der Waals surface area contributed by atoms with Crippen LogP contribution in [0.25, 0.3) is 0 Å². The van der Waals surface area contributed by atoms with E-state index in [1.54, 1.807) is 6.07 Å². The van der Waals surface area contributed by atoms with Crippen molar-refractivity contribution in [2.75, 3.05) is 20.1 Å². The average Bonchev–Trinajstić information content (AvgIpc) is 2.21. The number of halogens is 1. The molecule has 0 amide bonds. The van der Waals surface area contributed by atoms with E-state index in [4.69, 9.17) is 5.73 Å². The summed E-state index contributed by atoms with van der Waals surface area (Å²) in [7, 11) is 2.03. The van der Waals surface area contributed by atoms with Crippen molar-refractivity contribution < 1.29 is 4.39 Å². The molecule has 1 aromatic carbocycles. The van der Waals surface area contributed by atoms with Crippen molar-refractivity contribution in [3.05, 3.63) is 35.1 Å². The Bertz CT molecular complexity index is 325. The summed E-state index contributed by atoms with van der Waals surface area (Å²) < 4.78 is 13.0. The van der Waals surface area contributed by atoms with Crippen molar-refractivity contribution in [3.8, 4) is 0 Å². The molecule has 0 heterocycles. The fourth-order valence-corrected chi connectivity index (χ4v) is 1.78. The van der Waals surface area contributed by atoms with E-state index in [1.807, 2.05) is 20.0 Å². The molecule has 0 spiro atoms. The minimum Gasteiger partial charge on any atom is -0.329 e. The lowest BCUT2D eigenvalue weighted by molar-refractivity contribution is 0.262. The van der Waals surface area contributed by atoms with Crippen LogP contribution in [0.15, 0.2) is 18.2 Å². The van der Waals surface area contributed by atoms with Crippen molar-refractivity contribution >= 4 is 0 Å². The Morgan fingerprint density at radius 1 is 1.47 bits per heavy atom. The van der Waals surface area contributed by atoms with Gasteiger partial charge in [0.15, 0.2) is 0 Å². The van der Waals surface area contributed by atoms with E-state index in [1.165, 1.54) is 6.07 Å². The molecule has 0 aromatic heterocycles. The first-order valence-electron chi connectivity index (χ1n) is 5.26. The van der Waals surface area contributed by atoms with Crippen LogP contribution in [0.3, 0.4) is 0 Å². The minimum atomic E-state index is -0.189. The molecule has 84 valence electrons. The topological polar surface area (TPSA) is 29.3 Å². The van der Waals surface area contributed by atoms with Gasteiger partial charge < -0.3 is 5.73 Å². The summed E-state index contributed by atoms with van der Waals surface area (Å²) in [4.78, 5) is 2.17. The lowest BCUT2D eigenvalue weighted by atomic mass is 10.00. The van der Waals surface area contributed by atoms with Crippen LogP contribution in [0.5, 0.6) is 0 Å². The van der Waals surface area contributed by atoms with E-state index in [-0.39, 0.29) is 11.9 Å². The Labute approximate surface area is 90.9 Å². The number of likely N-dealkylation sites (N-methyl/N-ethyl adjacent to an activating group) is 1. The van der Waals surface area contributed by atoms with E-state index in [2.05, 4.69) is 11.8 Å². The molecule has 1 unspecified atom stereocenters. The van der Waals surface area contributed by atoms with E-state index in [0.29, 0.717) is 6.54 Å². The number of aryl methyl sites for hydroxylation is 1. The third-order valence-electron chi connectivity index (χ3n) is 2.84. The maximum Gasteiger partial charge on any atom is 0.123 e. The van der Waals surface area contributed by atoms with Gasteiger partial charge in [0, 0.05) is 12.6 Å². The SMILES string of the molecule is CCN(C)C(CN)c1ccc(F)cc1C. The molecule has 15 heavy (non-hydrogen) atoms. The van der Waals surface area contributed by atoms with E-state index in [0.717, 1.165) is 17.7 Å². The molecule has 0 bridgehead atoms. The van der Waals surface area contributed by atoms with Crippen molar-refractivity contribution in [2.24, 2.45) is 5.73 Å². The summed E-state index contributed by atoms with van der Waals surface area (Å²) in [6.45, 7) is 5.49. The van der Waals surface area contributed by atoms with Crippen molar-refractivity contribution in [3.63, 3.8) is 0 Å². The maximum absolute atomic E-state index is 13.0. The molecule has 3 heteroatoms. The first-order chi connectivity index (χ1) is 7.10. The second kappa shape index (κ2) is 5.24. The third kappa shape index (κ3) is 2.76. The smallest absolute Gasteiger partial charge is 0.123 e.